The highest BCUT2D eigenvalue weighted by atomic mass is 15.3. The van der Waals surface area contributed by atoms with Crippen molar-refractivity contribution in [3.8, 4) is 0 Å². The monoisotopic (exact) mass is 232 g/mol. The second-order valence-electron chi connectivity index (χ2n) is 6.81. The van der Waals surface area contributed by atoms with Crippen molar-refractivity contribution in [2.75, 3.05) is 4.90 Å². The molecular weight excluding hydrogens is 208 g/mol. The number of piperidine rings is 1. The van der Waals surface area contributed by atoms with Crippen LogP contribution in [0.5, 0.6) is 0 Å². The van der Waals surface area contributed by atoms with Gasteiger partial charge in [-0.05, 0) is 50.2 Å². The predicted octanol–water partition coefficient (Wildman–Crippen LogP) is 3.43. The van der Waals surface area contributed by atoms with Crippen molar-refractivity contribution < 1.29 is 0 Å². The Labute approximate surface area is 105 Å². The maximum Gasteiger partial charge on any atom is 0.108 e. The van der Waals surface area contributed by atoms with Gasteiger partial charge in [-0.25, -0.2) is 0 Å². The summed E-state index contributed by atoms with van der Waals surface area (Å²) in [5.41, 5.74) is 0.846. The van der Waals surface area contributed by atoms with Gasteiger partial charge in [-0.3, -0.25) is 0 Å². The quantitative estimate of drug-likeness (QED) is 0.720. The summed E-state index contributed by atoms with van der Waals surface area (Å²) in [5.74, 6) is 2.23. The first-order chi connectivity index (χ1) is 7.88. The number of hydrogen-bond donors (Lipinski definition) is 0. The number of nitrogens with zero attached hydrogens (tertiary/aromatic N) is 2. The number of anilines is 1. The maximum atomic E-state index is 2.67. The van der Waals surface area contributed by atoms with Crippen LogP contribution in [0.2, 0.25) is 0 Å². The van der Waals surface area contributed by atoms with Crippen LogP contribution in [-0.2, 0) is 7.05 Å². The average Bonchev–Trinajstić information content (AvgIpc) is 2.77. The van der Waals surface area contributed by atoms with Crippen LogP contribution < -0.4 is 4.90 Å². The molecule has 0 amide bonds. The molecule has 94 valence electrons. The van der Waals surface area contributed by atoms with E-state index >= 15 is 0 Å². The van der Waals surface area contributed by atoms with Crippen molar-refractivity contribution >= 4 is 5.82 Å². The van der Waals surface area contributed by atoms with Crippen molar-refractivity contribution in [1.82, 2.24) is 4.57 Å². The molecule has 2 bridgehead atoms. The van der Waals surface area contributed by atoms with Crippen molar-refractivity contribution in [2.45, 2.75) is 52.1 Å². The lowest BCUT2D eigenvalue weighted by atomic mass is 9.75. The fourth-order valence-electron chi connectivity index (χ4n) is 4.64. The molecule has 1 aliphatic heterocycles. The number of aryl methyl sites for hydroxylation is 1. The Balaban J connectivity index is 2.07. The zero-order chi connectivity index (χ0) is 12.4. The Hall–Kier alpha value is -0.920. The van der Waals surface area contributed by atoms with Gasteiger partial charge in [0.15, 0.2) is 0 Å². The zero-order valence-electron chi connectivity index (χ0n) is 11.7. The third-order valence-corrected chi connectivity index (χ3v) is 5.72. The van der Waals surface area contributed by atoms with Crippen molar-refractivity contribution in [1.29, 1.82) is 0 Å². The van der Waals surface area contributed by atoms with Crippen LogP contribution in [0.15, 0.2) is 18.3 Å². The van der Waals surface area contributed by atoms with E-state index in [-0.39, 0.29) is 0 Å². The Kier molecular flexibility index (Phi) is 2.04. The van der Waals surface area contributed by atoms with Crippen LogP contribution in [0.1, 0.15) is 40.5 Å². The Morgan fingerprint density at radius 3 is 2.47 bits per heavy atom. The highest BCUT2D eigenvalue weighted by molar-refractivity contribution is 5.50. The van der Waals surface area contributed by atoms with Gasteiger partial charge in [-0.1, -0.05) is 13.8 Å². The molecule has 2 heterocycles. The summed E-state index contributed by atoms with van der Waals surface area (Å²) in [7, 11) is 2.16. The van der Waals surface area contributed by atoms with Gasteiger partial charge in [0.05, 0.1) is 0 Å². The molecule has 2 nitrogen and oxygen atoms in total. The maximum absolute atomic E-state index is 2.67. The van der Waals surface area contributed by atoms with Crippen LogP contribution in [0, 0.1) is 11.3 Å². The van der Waals surface area contributed by atoms with Crippen molar-refractivity contribution in [3.05, 3.63) is 18.3 Å². The van der Waals surface area contributed by atoms with E-state index in [1.165, 1.54) is 18.7 Å². The standard InChI is InChI=1S/C15H24N2/c1-11-9-14(3)10-15(11,4)12(2)17(14)13-7-6-8-16(13)5/h6-8,11-12H,9-10H2,1-5H3/t11?,12-,14?,15?/m0/s1. The SMILES string of the molecule is CC1CC2(C)CC1(C)[C@H](C)N2c1cccn1C. The fourth-order valence-corrected chi connectivity index (χ4v) is 4.64. The van der Waals surface area contributed by atoms with Gasteiger partial charge in [0, 0.05) is 24.8 Å². The topological polar surface area (TPSA) is 8.17 Å². The van der Waals surface area contributed by atoms with E-state index in [1.807, 2.05) is 0 Å². The third-order valence-electron chi connectivity index (χ3n) is 5.72. The summed E-state index contributed by atoms with van der Waals surface area (Å²) < 4.78 is 2.26. The van der Waals surface area contributed by atoms with Crippen LogP contribution in [0.3, 0.4) is 0 Å². The van der Waals surface area contributed by atoms with E-state index in [2.05, 4.69) is 62.5 Å². The van der Waals surface area contributed by atoms with E-state index in [9.17, 15) is 0 Å². The molecule has 2 aliphatic rings. The molecule has 0 radical (unpaired) electrons. The van der Waals surface area contributed by atoms with Gasteiger partial charge in [0.1, 0.15) is 5.82 Å². The molecule has 0 spiro atoms. The molecule has 4 atom stereocenters. The van der Waals surface area contributed by atoms with Crippen molar-refractivity contribution in [2.24, 2.45) is 18.4 Å². The molecular formula is C15H24N2. The molecule has 2 fully saturated rings. The lowest BCUT2D eigenvalue weighted by Crippen LogP contribution is -2.51. The second-order valence-corrected chi connectivity index (χ2v) is 6.81. The fraction of sp³-hybridized carbons (Fsp3) is 0.733. The first-order valence-corrected chi connectivity index (χ1v) is 6.79. The highest BCUT2D eigenvalue weighted by Gasteiger charge is 2.62. The molecule has 2 heteroatoms. The van der Waals surface area contributed by atoms with Gasteiger partial charge in [0.25, 0.3) is 0 Å². The first kappa shape index (κ1) is 11.2. The van der Waals surface area contributed by atoms with Gasteiger partial charge in [-0.15, -0.1) is 0 Å². The van der Waals surface area contributed by atoms with E-state index in [4.69, 9.17) is 0 Å². The lowest BCUT2D eigenvalue weighted by molar-refractivity contribution is 0.199. The number of rotatable bonds is 1. The number of fused-ring (bicyclic) bond motifs is 2. The zero-order valence-corrected chi connectivity index (χ0v) is 11.7. The third kappa shape index (κ3) is 1.22. The van der Waals surface area contributed by atoms with Gasteiger partial charge in [0.2, 0.25) is 0 Å². The highest BCUT2D eigenvalue weighted by Crippen LogP contribution is 2.61. The van der Waals surface area contributed by atoms with Gasteiger partial charge >= 0.3 is 0 Å². The smallest absolute Gasteiger partial charge is 0.108 e. The minimum absolute atomic E-state index is 0.361. The molecule has 1 aliphatic carbocycles. The predicted molar refractivity (Wildman–Crippen MR) is 72.3 cm³/mol. The second kappa shape index (κ2) is 3.09. The van der Waals surface area contributed by atoms with Crippen LogP contribution >= 0.6 is 0 Å². The largest absolute Gasteiger partial charge is 0.349 e. The first-order valence-electron chi connectivity index (χ1n) is 6.79. The van der Waals surface area contributed by atoms with Crippen LogP contribution in [0.4, 0.5) is 5.82 Å². The summed E-state index contributed by atoms with van der Waals surface area (Å²) in [5, 5.41) is 0. The molecule has 0 aromatic carbocycles. The average molecular weight is 232 g/mol. The van der Waals surface area contributed by atoms with Gasteiger partial charge < -0.3 is 9.47 Å². The minimum Gasteiger partial charge on any atom is -0.349 e. The minimum atomic E-state index is 0.361. The molecule has 3 rings (SSSR count). The molecule has 3 unspecified atom stereocenters. The summed E-state index contributed by atoms with van der Waals surface area (Å²) in [6.45, 7) is 9.78. The molecule has 1 saturated carbocycles. The summed E-state index contributed by atoms with van der Waals surface area (Å²) in [4.78, 5) is 2.67. The van der Waals surface area contributed by atoms with Crippen LogP contribution in [-0.4, -0.2) is 16.1 Å². The Morgan fingerprint density at radius 1 is 1.29 bits per heavy atom. The normalized spacial score (nSPS) is 44.6. The van der Waals surface area contributed by atoms with E-state index < -0.39 is 0 Å². The lowest BCUT2D eigenvalue weighted by Gasteiger charge is -2.46. The molecule has 1 aromatic rings. The van der Waals surface area contributed by atoms with Crippen LogP contribution in [0.25, 0.3) is 0 Å². The van der Waals surface area contributed by atoms with E-state index in [0.717, 1.165) is 5.92 Å². The summed E-state index contributed by atoms with van der Waals surface area (Å²) in [6.07, 6.45) is 4.83. The summed E-state index contributed by atoms with van der Waals surface area (Å²) in [6, 6.07) is 5.06. The Morgan fingerprint density at radius 2 is 2.00 bits per heavy atom. The van der Waals surface area contributed by atoms with Crippen molar-refractivity contribution in [3.63, 3.8) is 0 Å². The molecule has 1 saturated heterocycles. The number of aromatic nitrogens is 1. The molecule has 1 aromatic heterocycles. The molecule has 0 N–H and O–H groups in total. The van der Waals surface area contributed by atoms with Gasteiger partial charge in [-0.2, -0.15) is 0 Å². The Bertz CT molecular complexity index is 450. The molecule has 17 heavy (non-hydrogen) atoms. The summed E-state index contributed by atoms with van der Waals surface area (Å²) >= 11 is 0. The number of hydrogen-bond acceptors (Lipinski definition) is 1. The van der Waals surface area contributed by atoms with E-state index in [0.29, 0.717) is 17.0 Å². The van der Waals surface area contributed by atoms with E-state index in [1.54, 1.807) is 0 Å².